The minimum atomic E-state index is -1.43. The average Bonchev–Trinajstić information content (AvgIpc) is 2.29. The summed E-state index contributed by atoms with van der Waals surface area (Å²) in [7, 11) is 0. The summed E-state index contributed by atoms with van der Waals surface area (Å²) in [6.45, 7) is 0. The van der Waals surface area contributed by atoms with Crippen LogP contribution in [0.25, 0.3) is 11.1 Å². The van der Waals surface area contributed by atoms with E-state index in [2.05, 4.69) is 0 Å². The molecule has 0 amide bonds. The summed E-state index contributed by atoms with van der Waals surface area (Å²) in [4.78, 5) is 0. The molecule has 17 heavy (non-hydrogen) atoms. The first kappa shape index (κ1) is 11.6. The molecule has 0 radical (unpaired) electrons. The van der Waals surface area contributed by atoms with Gasteiger partial charge in [0, 0.05) is 0 Å². The van der Waals surface area contributed by atoms with Gasteiger partial charge >= 0.3 is 0 Å². The zero-order valence-corrected chi connectivity index (χ0v) is 8.28. The van der Waals surface area contributed by atoms with Crippen molar-refractivity contribution in [2.24, 2.45) is 0 Å². The predicted molar refractivity (Wildman–Crippen MR) is 51.7 cm³/mol. The molecular formula is C12H5F5. The number of hydrogen-bond acceptors (Lipinski definition) is 0. The third-order valence-electron chi connectivity index (χ3n) is 2.25. The first-order chi connectivity index (χ1) is 8.00. The Hall–Kier alpha value is -1.91. The van der Waals surface area contributed by atoms with Crippen LogP contribution in [0.3, 0.4) is 0 Å². The van der Waals surface area contributed by atoms with Gasteiger partial charge in [-0.2, -0.15) is 0 Å². The molecule has 5 heteroatoms. The van der Waals surface area contributed by atoms with Crippen molar-refractivity contribution in [2.75, 3.05) is 0 Å². The lowest BCUT2D eigenvalue weighted by atomic mass is 10.0. The smallest absolute Gasteiger partial charge is 0.169 e. The number of hydrogen-bond donors (Lipinski definition) is 0. The average molecular weight is 244 g/mol. The van der Waals surface area contributed by atoms with Crippen LogP contribution in [0.5, 0.6) is 0 Å². The Labute approximate surface area is 93.3 Å². The molecule has 0 aliphatic carbocycles. The molecule has 0 spiro atoms. The summed E-state index contributed by atoms with van der Waals surface area (Å²) in [5.74, 6) is -6.14. The molecule has 0 aromatic heterocycles. The number of halogens is 5. The van der Waals surface area contributed by atoms with Crippen molar-refractivity contribution in [3.8, 4) is 11.1 Å². The molecule has 0 saturated carbocycles. The molecule has 0 fully saturated rings. The van der Waals surface area contributed by atoms with Crippen LogP contribution in [0.2, 0.25) is 0 Å². The van der Waals surface area contributed by atoms with E-state index < -0.39 is 34.6 Å². The van der Waals surface area contributed by atoms with Gasteiger partial charge in [-0.25, -0.2) is 22.0 Å². The van der Waals surface area contributed by atoms with E-state index in [0.717, 1.165) is 12.1 Å². The Morgan fingerprint density at radius 1 is 0.588 bits per heavy atom. The van der Waals surface area contributed by atoms with Crippen LogP contribution in [0, 0.1) is 29.1 Å². The summed E-state index contributed by atoms with van der Waals surface area (Å²) < 4.78 is 65.2. The first-order valence-electron chi connectivity index (χ1n) is 4.59. The van der Waals surface area contributed by atoms with Crippen molar-refractivity contribution in [3.63, 3.8) is 0 Å². The molecule has 0 saturated heterocycles. The van der Waals surface area contributed by atoms with Crippen molar-refractivity contribution in [1.82, 2.24) is 0 Å². The fraction of sp³-hybridized carbons (Fsp3) is 0. The molecule has 0 unspecified atom stereocenters. The van der Waals surface area contributed by atoms with E-state index in [1.54, 1.807) is 0 Å². The van der Waals surface area contributed by atoms with Crippen LogP contribution in [-0.2, 0) is 0 Å². The summed E-state index contributed by atoms with van der Waals surface area (Å²) >= 11 is 0. The van der Waals surface area contributed by atoms with Crippen molar-refractivity contribution in [3.05, 3.63) is 59.4 Å². The highest BCUT2D eigenvalue weighted by atomic mass is 19.2. The van der Waals surface area contributed by atoms with Crippen molar-refractivity contribution < 1.29 is 22.0 Å². The molecule has 0 heterocycles. The molecule has 2 aromatic rings. The minimum absolute atomic E-state index is 0.265. The van der Waals surface area contributed by atoms with E-state index in [9.17, 15) is 22.0 Å². The van der Waals surface area contributed by atoms with Gasteiger partial charge in [-0.15, -0.1) is 0 Å². The normalized spacial score (nSPS) is 10.6. The van der Waals surface area contributed by atoms with Gasteiger partial charge in [0.2, 0.25) is 0 Å². The van der Waals surface area contributed by atoms with Gasteiger partial charge < -0.3 is 0 Å². The molecular weight excluding hydrogens is 239 g/mol. The Kier molecular flexibility index (Phi) is 2.83. The lowest BCUT2D eigenvalue weighted by Gasteiger charge is -2.06. The van der Waals surface area contributed by atoms with Crippen LogP contribution >= 0.6 is 0 Å². The van der Waals surface area contributed by atoms with Crippen LogP contribution in [-0.4, -0.2) is 0 Å². The van der Waals surface area contributed by atoms with Crippen LogP contribution in [0.15, 0.2) is 30.3 Å². The molecule has 2 rings (SSSR count). The van der Waals surface area contributed by atoms with Crippen LogP contribution in [0.1, 0.15) is 0 Å². The van der Waals surface area contributed by atoms with E-state index in [1.165, 1.54) is 0 Å². The van der Waals surface area contributed by atoms with Gasteiger partial charge in [0.1, 0.15) is 5.82 Å². The molecule has 0 N–H and O–H groups in total. The molecule has 0 bridgehead atoms. The van der Waals surface area contributed by atoms with Gasteiger partial charge in [0.05, 0.1) is 5.56 Å². The third-order valence-corrected chi connectivity index (χ3v) is 2.25. The van der Waals surface area contributed by atoms with Gasteiger partial charge in [-0.1, -0.05) is 6.07 Å². The SMILES string of the molecule is Fc1ccc(-c2c(F)ccc(F)c2F)cc1F. The highest BCUT2D eigenvalue weighted by molar-refractivity contribution is 5.65. The van der Waals surface area contributed by atoms with E-state index >= 15 is 0 Å². The van der Waals surface area contributed by atoms with Gasteiger partial charge in [-0.3, -0.25) is 0 Å². The molecule has 2 aromatic carbocycles. The lowest BCUT2D eigenvalue weighted by Crippen LogP contribution is -1.95. The van der Waals surface area contributed by atoms with Crippen molar-refractivity contribution >= 4 is 0 Å². The Bertz CT molecular complexity index is 577. The van der Waals surface area contributed by atoms with E-state index in [1.807, 2.05) is 0 Å². The monoisotopic (exact) mass is 244 g/mol. The zero-order valence-electron chi connectivity index (χ0n) is 8.28. The molecule has 0 aliphatic rings. The highest BCUT2D eigenvalue weighted by Gasteiger charge is 2.16. The van der Waals surface area contributed by atoms with Crippen molar-refractivity contribution in [2.45, 2.75) is 0 Å². The zero-order chi connectivity index (χ0) is 12.6. The van der Waals surface area contributed by atoms with E-state index in [0.29, 0.717) is 18.2 Å². The topological polar surface area (TPSA) is 0 Å². The minimum Gasteiger partial charge on any atom is -0.206 e. The maximum Gasteiger partial charge on any atom is 0.169 e. The van der Waals surface area contributed by atoms with Crippen LogP contribution < -0.4 is 0 Å². The van der Waals surface area contributed by atoms with Crippen molar-refractivity contribution in [1.29, 1.82) is 0 Å². The number of rotatable bonds is 1. The molecule has 0 atom stereocenters. The molecule has 88 valence electrons. The third kappa shape index (κ3) is 2.00. The quantitative estimate of drug-likeness (QED) is 0.524. The molecule has 0 aliphatic heterocycles. The summed E-state index contributed by atoms with van der Waals surface area (Å²) in [5.41, 5.74) is -0.984. The maximum absolute atomic E-state index is 13.3. The predicted octanol–water partition coefficient (Wildman–Crippen LogP) is 4.05. The second kappa shape index (κ2) is 4.16. The van der Waals surface area contributed by atoms with Gasteiger partial charge in [-0.05, 0) is 29.8 Å². The summed E-state index contributed by atoms with van der Waals surface area (Å²) in [5, 5.41) is 0. The maximum atomic E-state index is 13.3. The fourth-order valence-electron chi connectivity index (χ4n) is 1.44. The highest BCUT2D eigenvalue weighted by Crippen LogP contribution is 2.28. The van der Waals surface area contributed by atoms with E-state index in [4.69, 9.17) is 0 Å². The Morgan fingerprint density at radius 3 is 1.82 bits per heavy atom. The van der Waals surface area contributed by atoms with Crippen LogP contribution in [0.4, 0.5) is 22.0 Å². The Balaban J connectivity index is 2.68. The standard InChI is InChI=1S/C12H5F5/c13-7-2-1-6(5-10(7)16)11-8(14)3-4-9(15)12(11)17/h1-5H. The second-order valence-corrected chi connectivity index (χ2v) is 3.35. The summed E-state index contributed by atoms with van der Waals surface area (Å²) in [6, 6.07) is 3.63. The van der Waals surface area contributed by atoms with E-state index in [-0.39, 0.29) is 5.56 Å². The first-order valence-corrected chi connectivity index (χ1v) is 4.59. The fourth-order valence-corrected chi connectivity index (χ4v) is 1.44. The molecule has 0 nitrogen and oxygen atoms in total. The largest absolute Gasteiger partial charge is 0.206 e. The van der Waals surface area contributed by atoms with Gasteiger partial charge in [0.15, 0.2) is 23.3 Å². The Morgan fingerprint density at radius 2 is 1.18 bits per heavy atom. The lowest BCUT2D eigenvalue weighted by molar-refractivity contribution is 0.497. The van der Waals surface area contributed by atoms with Gasteiger partial charge in [0.25, 0.3) is 0 Å². The summed E-state index contributed by atoms with van der Waals surface area (Å²) in [6.07, 6.45) is 0. The second-order valence-electron chi connectivity index (χ2n) is 3.35. The number of benzene rings is 2.